The zero-order valence-corrected chi connectivity index (χ0v) is 16.1. The lowest BCUT2D eigenvalue weighted by Crippen LogP contribution is -2.26. The van der Waals surface area contributed by atoms with E-state index in [0.717, 1.165) is 22.0 Å². The lowest BCUT2D eigenvalue weighted by Gasteiger charge is -2.16. The highest BCUT2D eigenvalue weighted by Crippen LogP contribution is 2.26. The lowest BCUT2D eigenvalue weighted by atomic mass is 9.91. The Balaban J connectivity index is 2.03. The van der Waals surface area contributed by atoms with Gasteiger partial charge in [-0.3, -0.25) is 4.79 Å². The van der Waals surface area contributed by atoms with Crippen LogP contribution in [0.25, 0.3) is 22.2 Å². The molecule has 0 saturated carbocycles. The smallest absolute Gasteiger partial charge is 0.339 e. The van der Waals surface area contributed by atoms with Gasteiger partial charge in [0, 0.05) is 16.4 Å². The van der Waals surface area contributed by atoms with Crippen molar-refractivity contribution in [2.75, 3.05) is 6.61 Å². The largest absolute Gasteiger partial charge is 0.454 e. The van der Waals surface area contributed by atoms with E-state index in [1.165, 1.54) is 0 Å². The van der Waals surface area contributed by atoms with Crippen LogP contribution in [0.15, 0.2) is 54.6 Å². The summed E-state index contributed by atoms with van der Waals surface area (Å²) in [5.41, 5.74) is 3.23. The zero-order valence-electron chi connectivity index (χ0n) is 16.1. The second-order valence-electron chi connectivity index (χ2n) is 7.69. The zero-order chi connectivity index (χ0) is 19.6. The molecule has 0 amide bonds. The second-order valence-corrected chi connectivity index (χ2v) is 7.69. The molecule has 0 bridgehead atoms. The summed E-state index contributed by atoms with van der Waals surface area (Å²) in [6.45, 7) is 7.15. The highest BCUT2D eigenvalue weighted by Gasteiger charge is 2.23. The fourth-order valence-corrected chi connectivity index (χ4v) is 2.69. The van der Waals surface area contributed by atoms with Gasteiger partial charge in [0.15, 0.2) is 12.4 Å². The normalized spacial score (nSPS) is 11.4. The molecule has 0 saturated heterocycles. The van der Waals surface area contributed by atoms with Gasteiger partial charge >= 0.3 is 5.97 Å². The van der Waals surface area contributed by atoms with E-state index in [2.05, 4.69) is 4.98 Å². The number of benzene rings is 2. The third-order valence-corrected chi connectivity index (χ3v) is 4.42. The number of rotatable bonds is 4. The van der Waals surface area contributed by atoms with Crippen LogP contribution < -0.4 is 0 Å². The summed E-state index contributed by atoms with van der Waals surface area (Å²) >= 11 is 0. The Kier molecular flexibility index (Phi) is 5.08. The van der Waals surface area contributed by atoms with E-state index in [4.69, 9.17) is 4.74 Å². The van der Waals surface area contributed by atoms with Crippen LogP contribution in [-0.4, -0.2) is 23.3 Å². The van der Waals surface area contributed by atoms with Gasteiger partial charge in [-0.2, -0.15) is 0 Å². The number of Topliss-reactive ketones (excluding diaryl/α,β-unsaturated/α-hetero) is 1. The van der Waals surface area contributed by atoms with Crippen LogP contribution in [0.3, 0.4) is 0 Å². The van der Waals surface area contributed by atoms with Crippen molar-refractivity contribution in [3.63, 3.8) is 0 Å². The number of ketones is 1. The molecule has 0 aliphatic heterocycles. The molecule has 0 aliphatic carbocycles. The van der Waals surface area contributed by atoms with Crippen molar-refractivity contribution in [1.82, 2.24) is 4.98 Å². The summed E-state index contributed by atoms with van der Waals surface area (Å²) in [5.74, 6) is -0.628. The highest BCUT2D eigenvalue weighted by atomic mass is 16.5. The van der Waals surface area contributed by atoms with Gasteiger partial charge in [-0.15, -0.1) is 0 Å². The molecule has 0 atom stereocenters. The van der Waals surface area contributed by atoms with E-state index >= 15 is 0 Å². The summed E-state index contributed by atoms with van der Waals surface area (Å²) in [7, 11) is 0. The molecule has 138 valence electrons. The minimum atomic E-state index is -0.549. The first kappa shape index (κ1) is 18.8. The van der Waals surface area contributed by atoms with Crippen LogP contribution in [0.5, 0.6) is 0 Å². The molecule has 0 unspecified atom stereocenters. The van der Waals surface area contributed by atoms with Crippen molar-refractivity contribution in [1.29, 1.82) is 0 Å². The molecular formula is C23H23NO3. The van der Waals surface area contributed by atoms with Crippen molar-refractivity contribution in [2.45, 2.75) is 27.7 Å². The van der Waals surface area contributed by atoms with Crippen molar-refractivity contribution in [3.8, 4) is 11.3 Å². The number of hydrogen-bond donors (Lipinski definition) is 0. The molecule has 0 N–H and O–H groups in total. The predicted molar refractivity (Wildman–Crippen MR) is 107 cm³/mol. The predicted octanol–water partition coefficient (Wildman–Crippen LogP) is 4.98. The molecule has 3 rings (SSSR count). The van der Waals surface area contributed by atoms with E-state index in [1.807, 2.05) is 76.2 Å². The van der Waals surface area contributed by atoms with E-state index in [1.54, 1.807) is 6.07 Å². The van der Waals surface area contributed by atoms with E-state index < -0.39 is 11.4 Å². The SMILES string of the molecule is Cc1ccc2nc(-c3ccccc3)cc(C(=O)OCC(=O)C(C)(C)C)c2c1. The van der Waals surface area contributed by atoms with Gasteiger partial charge < -0.3 is 4.74 Å². The molecule has 0 radical (unpaired) electrons. The van der Waals surface area contributed by atoms with Gasteiger partial charge in [0.2, 0.25) is 0 Å². The van der Waals surface area contributed by atoms with Gasteiger partial charge in [0.05, 0.1) is 16.8 Å². The van der Waals surface area contributed by atoms with Crippen molar-refractivity contribution in [2.24, 2.45) is 5.41 Å². The number of pyridine rings is 1. The van der Waals surface area contributed by atoms with Crippen LogP contribution in [0.1, 0.15) is 36.7 Å². The summed E-state index contributed by atoms with van der Waals surface area (Å²) < 4.78 is 5.34. The topological polar surface area (TPSA) is 56.3 Å². The van der Waals surface area contributed by atoms with Crippen LogP contribution in [0.4, 0.5) is 0 Å². The maximum atomic E-state index is 12.8. The molecule has 0 fully saturated rings. The van der Waals surface area contributed by atoms with Crippen molar-refractivity contribution >= 4 is 22.7 Å². The van der Waals surface area contributed by atoms with Gasteiger partial charge in [-0.25, -0.2) is 9.78 Å². The third-order valence-electron chi connectivity index (χ3n) is 4.42. The first-order chi connectivity index (χ1) is 12.8. The Morgan fingerprint density at radius 3 is 2.37 bits per heavy atom. The maximum Gasteiger partial charge on any atom is 0.339 e. The number of fused-ring (bicyclic) bond motifs is 1. The molecular weight excluding hydrogens is 338 g/mol. The van der Waals surface area contributed by atoms with E-state index in [9.17, 15) is 9.59 Å². The van der Waals surface area contributed by atoms with Crippen LogP contribution in [0.2, 0.25) is 0 Å². The standard InChI is InChI=1S/C23H23NO3/c1-15-10-11-19-17(12-15)18(22(26)27-14-21(25)23(2,3)4)13-20(24-19)16-8-6-5-7-9-16/h5-13H,14H2,1-4H3. The minimum Gasteiger partial charge on any atom is -0.454 e. The van der Waals surface area contributed by atoms with Crippen molar-refractivity contribution < 1.29 is 14.3 Å². The Hall–Kier alpha value is -3.01. The van der Waals surface area contributed by atoms with Gasteiger partial charge in [-0.1, -0.05) is 62.7 Å². The Bertz CT molecular complexity index is 1000. The molecule has 0 aliphatic rings. The number of nitrogens with zero attached hydrogens (tertiary/aromatic N) is 1. The van der Waals surface area contributed by atoms with Gasteiger partial charge in [0.1, 0.15) is 0 Å². The van der Waals surface area contributed by atoms with Crippen LogP contribution in [0, 0.1) is 12.3 Å². The average molecular weight is 361 g/mol. The molecule has 4 heteroatoms. The minimum absolute atomic E-state index is 0.117. The number of aryl methyl sites for hydroxylation is 1. The fourth-order valence-electron chi connectivity index (χ4n) is 2.69. The molecule has 2 aromatic carbocycles. The first-order valence-corrected chi connectivity index (χ1v) is 8.93. The average Bonchev–Trinajstić information content (AvgIpc) is 2.64. The van der Waals surface area contributed by atoms with Gasteiger partial charge in [0.25, 0.3) is 0 Å². The number of esters is 1. The molecule has 0 spiro atoms. The van der Waals surface area contributed by atoms with E-state index in [0.29, 0.717) is 11.3 Å². The summed E-state index contributed by atoms with van der Waals surface area (Å²) in [5, 5.41) is 0.725. The molecule has 1 heterocycles. The summed E-state index contributed by atoms with van der Waals surface area (Å²) in [6.07, 6.45) is 0. The molecule has 3 aromatic rings. The Labute approximate surface area is 159 Å². The summed E-state index contributed by atoms with van der Waals surface area (Å²) in [4.78, 5) is 29.6. The maximum absolute atomic E-state index is 12.8. The van der Waals surface area contributed by atoms with E-state index in [-0.39, 0.29) is 12.4 Å². The third kappa shape index (κ3) is 4.22. The fraction of sp³-hybridized carbons (Fsp3) is 0.261. The number of aromatic nitrogens is 1. The van der Waals surface area contributed by atoms with Crippen LogP contribution in [-0.2, 0) is 9.53 Å². The number of carbonyl (C=O) groups excluding carboxylic acids is 2. The second kappa shape index (κ2) is 7.31. The first-order valence-electron chi connectivity index (χ1n) is 8.93. The Morgan fingerprint density at radius 2 is 1.70 bits per heavy atom. The number of carbonyl (C=O) groups is 2. The monoisotopic (exact) mass is 361 g/mol. The molecule has 4 nitrogen and oxygen atoms in total. The number of ether oxygens (including phenoxy) is 1. The van der Waals surface area contributed by atoms with Gasteiger partial charge in [-0.05, 0) is 25.1 Å². The summed E-state index contributed by atoms with van der Waals surface area (Å²) in [6, 6.07) is 17.2. The quantitative estimate of drug-likeness (QED) is 0.615. The molecule has 27 heavy (non-hydrogen) atoms. The Morgan fingerprint density at radius 1 is 1.00 bits per heavy atom. The van der Waals surface area contributed by atoms with Crippen LogP contribution >= 0.6 is 0 Å². The number of hydrogen-bond acceptors (Lipinski definition) is 4. The lowest BCUT2D eigenvalue weighted by molar-refractivity contribution is -0.129. The molecule has 1 aromatic heterocycles. The highest BCUT2D eigenvalue weighted by molar-refractivity contribution is 6.05. The van der Waals surface area contributed by atoms with Crippen molar-refractivity contribution in [3.05, 3.63) is 65.7 Å².